The number of unbranched alkanes of at least 4 members (excludes halogenated alkanes) is 1. The number of hydrogen-bond acceptors (Lipinski definition) is 5. The molecule has 0 aliphatic carbocycles. The van der Waals surface area contributed by atoms with Crippen LogP contribution in [-0.4, -0.2) is 49.5 Å². The van der Waals surface area contributed by atoms with Gasteiger partial charge in [0.05, 0.1) is 14.2 Å². The van der Waals surface area contributed by atoms with Crippen LogP contribution in [0.25, 0.3) is 0 Å². The lowest BCUT2D eigenvalue weighted by Crippen LogP contribution is -2.29. The lowest BCUT2D eigenvalue weighted by Gasteiger charge is -2.17. The quantitative estimate of drug-likeness (QED) is 0.718. The van der Waals surface area contributed by atoms with Gasteiger partial charge in [0.25, 0.3) is 11.8 Å². The number of pyridine rings is 1. The molecule has 7 nitrogen and oxygen atoms in total. The molecule has 1 aromatic heterocycles. The van der Waals surface area contributed by atoms with Crippen molar-refractivity contribution < 1.29 is 19.1 Å². The highest BCUT2D eigenvalue weighted by atomic mass is 16.5. The molecule has 1 aromatic carbocycles. The van der Waals surface area contributed by atoms with Crippen molar-refractivity contribution in [3.63, 3.8) is 0 Å². The van der Waals surface area contributed by atoms with E-state index in [1.165, 1.54) is 12.3 Å². The minimum absolute atomic E-state index is 0.121. The Morgan fingerprint density at radius 2 is 1.86 bits per heavy atom. The summed E-state index contributed by atoms with van der Waals surface area (Å²) >= 11 is 0. The fourth-order valence-corrected chi connectivity index (χ4v) is 2.67. The number of ether oxygens (including phenoxy) is 2. The van der Waals surface area contributed by atoms with Crippen molar-refractivity contribution in [2.45, 2.75) is 26.3 Å². The first-order valence-corrected chi connectivity index (χ1v) is 9.20. The number of hydrogen-bond donors (Lipinski definition) is 1. The molecule has 0 saturated heterocycles. The fourth-order valence-electron chi connectivity index (χ4n) is 2.67. The van der Waals surface area contributed by atoms with Gasteiger partial charge in [0.2, 0.25) is 0 Å². The Hall–Kier alpha value is -3.09. The molecular weight excluding hydrogens is 358 g/mol. The molecule has 28 heavy (non-hydrogen) atoms. The van der Waals surface area contributed by atoms with Crippen LogP contribution in [0.2, 0.25) is 0 Å². The molecule has 2 aromatic rings. The van der Waals surface area contributed by atoms with Crippen molar-refractivity contribution in [2.75, 3.05) is 27.8 Å². The molecule has 0 radical (unpaired) electrons. The minimum atomic E-state index is -0.347. The largest absolute Gasteiger partial charge is 0.493 e. The van der Waals surface area contributed by atoms with Gasteiger partial charge in [0.15, 0.2) is 11.5 Å². The summed E-state index contributed by atoms with van der Waals surface area (Å²) in [4.78, 5) is 30.7. The third-order valence-corrected chi connectivity index (χ3v) is 4.33. The van der Waals surface area contributed by atoms with Gasteiger partial charge in [-0.3, -0.25) is 14.6 Å². The van der Waals surface area contributed by atoms with Crippen LogP contribution in [-0.2, 0) is 6.54 Å². The van der Waals surface area contributed by atoms with E-state index in [1.807, 2.05) is 6.07 Å². The zero-order valence-electron chi connectivity index (χ0n) is 16.8. The van der Waals surface area contributed by atoms with Gasteiger partial charge in [0, 0.05) is 31.9 Å². The minimum Gasteiger partial charge on any atom is -0.493 e. The molecular formula is C21H27N3O4. The molecule has 150 valence electrons. The van der Waals surface area contributed by atoms with Gasteiger partial charge in [-0.1, -0.05) is 19.4 Å². The molecule has 0 atom stereocenters. The zero-order chi connectivity index (χ0) is 20.5. The molecule has 1 N–H and O–H groups in total. The number of methoxy groups -OCH3 is 2. The Morgan fingerprint density at radius 1 is 1.11 bits per heavy atom. The molecule has 0 saturated carbocycles. The molecule has 0 aliphatic heterocycles. The maximum absolute atomic E-state index is 12.5. The summed E-state index contributed by atoms with van der Waals surface area (Å²) in [5.41, 5.74) is 1.51. The van der Waals surface area contributed by atoms with Gasteiger partial charge in [-0.2, -0.15) is 0 Å². The average Bonchev–Trinajstić information content (AvgIpc) is 2.74. The zero-order valence-corrected chi connectivity index (χ0v) is 16.8. The summed E-state index contributed by atoms with van der Waals surface area (Å²) in [6, 6.07) is 8.57. The van der Waals surface area contributed by atoms with Crippen molar-refractivity contribution in [2.24, 2.45) is 0 Å². The van der Waals surface area contributed by atoms with Crippen LogP contribution in [0.1, 0.15) is 46.2 Å². The van der Waals surface area contributed by atoms with Crippen LogP contribution in [0, 0.1) is 0 Å². The predicted octanol–water partition coefficient (Wildman–Crippen LogP) is 2.90. The Kier molecular flexibility index (Phi) is 7.80. The second-order valence-corrected chi connectivity index (χ2v) is 6.38. The number of nitrogens with one attached hydrogen (secondary N) is 1. The molecule has 2 amide bonds. The molecule has 1 heterocycles. The van der Waals surface area contributed by atoms with E-state index in [2.05, 4.69) is 17.2 Å². The number of carbonyl (C=O) groups excluding carboxylic acids is 2. The van der Waals surface area contributed by atoms with Crippen LogP contribution >= 0.6 is 0 Å². The van der Waals surface area contributed by atoms with Gasteiger partial charge in [-0.05, 0) is 36.2 Å². The number of rotatable bonds is 9. The summed E-state index contributed by atoms with van der Waals surface area (Å²) in [6.07, 6.45) is 3.43. The van der Waals surface area contributed by atoms with Crippen molar-refractivity contribution in [1.29, 1.82) is 0 Å². The smallest absolute Gasteiger partial charge is 0.270 e. The van der Waals surface area contributed by atoms with E-state index in [1.54, 1.807) is 44.4 Å². The number of carbonyl (C=O) groups is 2. The molecule has 0 aliphatic rings. The van der Waals surface area contributed by atoms with Gasteiger partial charge in [-0.25, -0.2) is 0 Å². The first-order chi connectivity index (χ1) is 13.5. The van der Waals surface area contributed by atoms with Crippen LogP contribution in [0.15, 0.2) is 36.5 Å². The number of nitrogens with zero attached hydrogens (tertiary/aromatic N) is 2. The van der Waals surface area contributed by atoms with Gasteiger partial charge in [0.1, 0.15) is 5.69 Å². The molecule has 0 fully saturated rings. The van der Waals surface area contributed by atoms with E-state index in [0.717, 1.165) is 18.4 Å². The van der Waals surface area contributed by atoms with Crippen LogP contribution < -0.4 is 14.8 Å². The van der Waals surface area contributed by atoms with Gasteiger partial charge < -0.3 is 19.7 Å². The summed E-state index contributed by atoms with van der Waals surface area (Å²) < 4.78 is 10.5. The third kappa shape index (κ3) is 5.45. The Bertz CT molecular complexity index is 823. The molecule has 2 rings (SSSR count). The van der Waals surface area contributed by atoms with E-state index in [4.69, 9.17) is 9.47 Å². The molecule has 0 bridgehead atoms. The second-order valence-electron chi connectivity index (χ2n) is 6.38. The average molecular weight is 385 g/mol. The first kappa shape index (κ1) is 21.2. The lowest BCUT2D eigenvalue weighted by atomic mass is 10.1. The van der Waals surface area contributed by atoms with E-state index >= 15 is 0 Å². The summed E-state index contributed by atoms with van der Waals surface area (Å²) in [6.45, 7) is 3.06. The number of aromatic nitrogens is 1. The van der Waals surface area contributed by atoms with Crippen LogP contribution in [0.4, 0.5) is 0 Å². The monoisotopic (exact) mass is 385 g/mol. The van der Waals surface area contributed by atoms with E-state index < -0.39 is 0 Å². The van der Waals surface area contributed by atoms with Crippen molar-refractivity contribution in [1.82, 2.24) is 15.2 Å². The first-order valence-electron chi connectivity index (χ1n) is 9.20. The maximum Gasteiger partial charge on any atom is 0.270 e. The summed E-state index contributed by atoms with van der Waals surface area (Å²) in [5.74, 6) is 0.748. The molecule has 0 unspecified atom stereocenters. The summed E-state index contributed by atoms with van der Waals surface area (Å²) in [5, 5.41) is 2.81. The van der Waals surface area contributed by atoms with Crippen molar-refractivity contribution in [3.05, 3.63) is 53.3 Å². The molecule has 0 spiro atoms. The van der Waals surface area contributed by atoms with E-state index in [0.29, 0.717) is 30.2 Å². The molecule has 7 heteroatoms. The Labute approximate surface area is 165 Å². The Balaban J connectivity index is 2.04. The van der Waals surface area contributed by atoms with Gasteiger partial charge >= 0.3 is 0 Å². The van der Waals surface area contributed by atoms with Crippen molar-refractivity contribution in [3.8, 4) is 11.5 Å². The van der Waals surface area contributed by atoms with Crippen LogP contribution in [0.5, 0.6) is 11.5 Å². The number of amides is 2. The van der Waals surface area contributed by atoms with Crippen LogP contribution in [0.3, 0.4) is 0 Å². The SMILES string of the molecule is CCCCN(C)C(=O)c1ccnc(C(=O)NCc2ccc(OC)c(OC)c2)c1. The maximum atomic E-state index is 12.5. The van der Waals surface area contributed by atoms with Crippen molar-refractivity contribution >= 4 is 11.8 Å². The van der Waals surface area contributed by atoms with E-state index in [9.17, 15) is 9.59 Å². The Morgan fingerprint density at radius 3 is 2.54 bits per heavy atom. The highest BCUT2D eigenvalue weighted by Crippen LogP contribution is 2.27. The summed E-state index contributed by atoms with van der Waals surface area (Å²) in [7, 11) is 4.89. The van der Waals surface area contributed by atoms with Gasteiger partial charge in [-0.15, -0.1) is 0 Å². The fraction of sp³-hybridized carbons (Fsp3) is 0.381. The second kappa shape index (κ2) is 10.3. The third-order valence-electron chi connectivity index (χ3n) is 4.33. The topological polar surface area (TPSA) is 80.8 Å². The standard InChI is InChI=1S/C21H27N3O4/c1-5-6-11-24(2)21(26)16-9-10-22-17(13-16)20(25)23-14-15-7-8-18(27-3)19(12-15)28-4/h7-10,12-13H,5-6,11,14H2,1-4H3,(H,23,25). The number of benzene rings is 1. The normalized spacial score (nSPS) is 10.3. The highest BCUT2D eigenvalue weighted by molar-refractivity contribution is 5.98. The van der Waals surface area contributed by atoms with E-state index in [-0.39, 0.29) is 17.5 Å². The lowest BCUT2D eigenvalue weighted by molar-refractivity contribution is 0.0793. The highest BCUT2D eigenvalue weighted by Gasteiger charge is 2.15. The predicted molar refractivity (Wildman–Crippen MR) is 107 cm³/mol.